The molecule has 0 saturated heterocycles. The standard InChI is InChI=1S/C2H6N2O4/c1-3(5)7-8-4(2)6/h1-2H3/q+2. The third-order valence-corrected chi connectivity index (χ3v) is 0.243. The largest absolute Gasteiger partial charge is 0.267 e. The summed E-state index contributed by atoms with van der Waals surface area (Å²) in [5.41, 5.74) is 0. The predicted molar refractivity (Wildman–Crippen MR) is 21.3 cm³/mol. The van der Waals surface area contributed by atoms with Crippen molar-refractivity contribution in [1.29, 1.82) is 0 Å². The molecule has 0 unspecified atom stereocenters. The number of rotatable bonds is 3. The average molecular weight is 122 g/mol. The highest BCUT2D eigenvalue weighted by Gasteiger charge is 2.08. The molecule has 0 aromatic rings. The monoisotopic (exact) mass is 122 g/mol. The molecule has 0 bridgehead atoms. The van der Waals surface area contributed by atoms with E-state index in [1.165, 1.54) is 0 Å². The van der Waals surface area contributed by atoms with Crippen molar-refractivity contribution in [2.45, 2.75) is 0 Å². The van der Waals surface area contributed by atoms with E-state index >= 15 is 0 Å². The Bertz CT molecular complexity index is 96.6. The first-order chi connectivity index (χ1) is 3.63. The third kappa shape index (κ3) is 4.80. The van der Waals surface area contributed by atoms with E-state index in [1.807, 2.05) is 0 Å². The first kappa shape index (κ1) is 6.80. The lowest BCUT2D eigenvalue weighted by molar-refractivity contribution is -1.02. The minimum absolute atomic E-state index is 0.00833. The van der Waals surface area contributed by atoms with Crippen molar-refractivity contribution in [2.24, 2.45) is 0 Å². The van der Waals surface area contributed by atoms with Crippen LogP contribution in [-0.4, -0.2) is 23.9 Å². The Labute approximate surface area is 45.0 Å². The van der Waals surface area contributed by atoms with E-state index in [2.05, 4.69) is 9.98 Å². The van der Waals surface area contributed by atoms with E-state index in [4.69, 9.17) is 0 Å². The maximum atomic E-state index is 9.75. The molecule has 0 aliphatic rings. The van der Waals surface area contributed by atoms with Crippen LogP contribution in [0.3, 0.4) is 0 Å². The number of nitrogens with zero attached hydrogens (tertiary/aromatic N) is 2. The molecule has 6 nitrogen and oxygen atoms in total. The lowest BCUT2D eigenvalue weighted by atomic mass is 11.5. The van der Waals surface area contributed by atoms with Gasteiger partial charge < -0.3 is 0 Å². The summed E-state index contributed by atoms with van der Waals surface area (Å²) in [6.07, 6.45) is 0. The van der Waals surface area contributed by atoms with Crippen LogP contribution in [0, 0.1) is 9.81 Å². The van der Waals surface area contributed by atoms with E-state index < -0.39 is 0 Å². The summed E-state index contributed by atoms with van der Waals surface area (Å²) < 4.78 is 0. The highest BCUT2D eigenvalue weighted by atomic mass is 17.4. The second kappa shape index (κ2) is 2.89. The van der Waals surface area contributed by atoms with Crippen molar-refractivity contribution in [2.75, 3.05) is 14.1 Å². The first-order valence-corrected chi connectivity index (χ1v) is 1.79. The third-order valence-electron chi connectivity index (χ3n) is 0.243. The van der Waals surface area contributed by atoms with Crippen LogP contribution in [0.4, 0.5) is 0 Å². The molecule has 8 heavy (non-hydrogen) atoms. The van der Waals surface area contributed by atoms with Gasteiger partial charge in [0.15, 0.2) is 0 Å². The molecule has 6 heteroatoms. The molecule has 46 valence electrons. The van der Waals surface area contributed by atoms with Crippen LogP contribution in [0.25, 0.3) is 0 Å². The normalized spacial score (nSPS) is 7.75. The molecule has 0 spiro atoms. The molecule has 0 fully saturated rings. The molecule has 0 atom stereocenters. The Morgan fingerprint density at radius 1 is 1.00 bits per heavy atom. The quantitative estimate of drug-likeness (QED) is 0.377. The Morgan fingerprint density at radius 2 is 1.25 bits per heavy atom. The Balaban J connectivity index is 3.18. The zero-order valence-electron chi connectivity index (χ0n) is 4.53. The summed E-state index contributed by atoms with van der Waals surface area (Å²) in [6, 6.07) is 0. The smallest absolute Gasteiger partial charge is 0.0779 e. The van der Waals surface area contributed by atoms with Crippen molar-refractivity contribution >= 4 is 0 Å². The van der Waals surface area contributed by atoms with Gasteiger partial charge in [0.25, 0.3) is 9.85 Å². The van der Waals surface area contributed by atoms with Gasteiger partial charge in [0.05, 0.1) is 19.8 Å². The van der Waals surface area contributed by atoms with Gasteiger partial charge in [-0.1, -0.05) is 0 Å². The van der Waals surface area contributed by atoms with Gasteiger partial charge in [-0.05, 0) is 0 Å². The van der Waals surface area contributed by atoms with Crippen molar-refractivity contribution in [3.8, 4) is 0 Å². The van der Waals surface area contributed by atoms with Gasteiger partial charge in [-0.2, -0.15) is 0 Å². The predicted octanol–water partition coefficient (Wildman–Crippen LogP) is -0.418. The lowest BCUT2D eigenvalue weighted by Crippen LogP contribution is -2.09. The van der Waals surface area contributed by atoms with Gasteiger partial charge in [0.1, 0.15) is 0 Å². The fourth-order valence-electron chi connectivity index (χ4n) is 0.0939. The molecule has 0 rings (SSSR count). The van der Waals surface area contributed by atoms with Gasteiger partial charge in [0.2, 0.25) is 14.1 Å². The highest BCUT2D eigenvalue weighted by molar-refractivity contribution is 3.67. The molecule has 0 N–H and O–H groups in total. The average Bonchev–Trinajstić information content (AvgIpc) is 1.61. The lowest BCUT2D eigenvalue weighted by Gasteiger charge is -1.74. The van der Waals surface area contributed by atoms with Crippen LogP contribution in [0.5, 0.6) is 0 Å². The Kier molecular flexibility index (Phi) is 2.46. The molecule has 0 aliphatic carbocycles. The maximum Gasteiger partial charge on any atom is 0.267 e. The second-order valence-corrected chi connectivity index (χ2v) is 1.03. The molecule has 0 aromatic carbocycles. The van der Waals surface area contributed by atoms with Crippen LogP contribution in [-0.2, 0) is 9.98 Å². The summed E-state index contributed by atoms with van der Waals surface area (Å²) in [7, 11) is 2.09. The summed E-state index contributed by atoms with van der Waals surface area (Å²) in [5.74, 6) is 0. The van der Waals surface area contributed by atoms with Gasteiger partial charge >= 0.3 is 0 Å². The fraction of sp³-hybridized carbons (Fsp3) is 1.00. The topological polar surface area (TPSA) is 58.6 Å². The number of hydrogen-bond donors (Lipinski definition) is 0. The molecule has 0 heterocycles. The second-order valence-electron chi connectivity index (χ2n) is 1.03. The van der Waals surface area contributed by atoms with Crippen LogP contribution in [0.1, 0.15) is 0 Å². The summed E-state index contributed by atoms with van der Waals surface area (Å²) >= 11 is 0. The van der Waals surface area contributed by atoms with E-state index in [1.54, 1.807) is 0 Å². The van der Waals surface area contributed by atoms with Crippen molar-refractivity contribution < 1.29 is 19.8 Å². The van der Waals surface area contributed by atoms with Gasteiger partial charge in [-0.3, -0.25) is 0 Å². The Morgan fingerprint density at radius 3 is 1.38 bits per heavy atom. The molecule has 0 aliphatic heterocycles. The highest BCUT2D eigenvalue weighted by Crippen LogP contribution is 1.73. The number of hydrogen-bond acceptors (Lipinski definition) is 4. The van der Waals surface area contributed by atoms with Crippen molar-refractivity contribution in [1.82, 2.24) is 0 Å². The SMILES string of the molecule is C[N+](=O)OO[N+](C)=O. The first-order valence-electron chi connectivity index (χ1n) is 1.79. The molecule has 0 aromatic heterocycles. The van der Waals surface area contributed by atoms with Gasteiger partial charge in [-0.15, -0.1) is 0 Å². The molecule has 0 amide bonds. The van der Waals surface area contributed by atoms with Gasteiger partial charge in [-0.25, -0.2) is 0 Å². The Hall–Kier alpha value is -1.20. The molecular weight excluding hydrogens is 116 g/mol. The van der Waals surface area contributed by atoms with E-state index in [-0.39, 0.29) is 9.85 Å². The van der Waals surface area contributed by atoms with Crippen LogP contribution in [0.15, 0.2) is 0 Å². The van der Waals surface area contributed by atoms with E-state index in [0.29, 0.717) is 0 Å². The van der Waals surface area contributed by atoms with E-state index in [0.717, 1.165) is 14.1 Å². The zero-order chi connectivity index (χ0) is 6.57. The zero-order valence-corrected chi connectivity index (χ0v) is 4.53. The van der Waals surface area contributed by atoms with Crippen LogP contribution >= 0.6 is 0 Å². The minimum Gasteiger partial charge on any atom is 0.0779 e. The fourth-order valence-corrected chi connectivity index (χ4v) is 0.0939. The summed E-state index contributed by atoms with van der Waals surface area (Å²) in [4.78, 5) is 26.9. The van der Waals surface area contributed by atoms with Crippen molar-refractivity contribution in [3.05, 3.63) is 9.81 Å². The molecular formula is C2H6N2O4+2. The van der Waals surface area contributed by atoms with E-state index in [9.17, 15) is 9.81 Å². The summed E-state index contributed by atoms with van der Waals surface area (Å²) in [5, 5.41) is 0. The van der Waals surface area contributed by atoms with Crippen LogP contribution < -0.4 is 0 Å². The summed E-state index contributed by atoms with van der Waals surface area (Å²) in [6.45, 7) is 0. The van der Waals surface area contributed by atoms with Crippen molar-refractivity contribution in [3.63, 3.8) is 0 Å². The van der Waals surface area contributed by atoms with Gasteiger partial charge in [0, 0.05) is 0 Å². The molecule has 0 saturated carbocycles. The van der Waals surface area contributed by atoms with Crippen LogP contribution in [0.2, 0.25) is 0 Å². The molecule has 0 radical (unpaired) electrons. The minimum atomic E-state index is 0.00833. The maximum absolute atomic E-state index is 9.75.